The molecule has 17 heavy (non-hydrogen) atoms. The summed E-state index contributed by atoms with van der Waals surface area (Å²) in [6.45, 7) is 2.18. The Kier molecular flexibility index (Phi) is 4.80. The molecule has 3 nitrogen and oxygen atoms in total. The third kappa shape index (κ3) is 3.68. The van der Waals surface area contributed by atoms with E-state index in [-0.39, 0.29) is 12.1 Å². The topological polar surface area (TPSA) is 32.7 Å². The van der Waals surface area contributed by atoms with Crippen molar-refractivity contribution in [3.63, 3.8) is 0 Å². The van der Waals surface area contributed by atoms with Gasteiger partial charge < -0.3 is 9.84 Å². The van der Waals surface area contributed by atoms with Crippen LogP contribution in [0.25, 0.3) is 0 Å². The number of hydrogen-bond donors (Lipinski definition) is 1. The lowest BCUT2D eigenvalue weighted by Crippen LogP contribution is -2.38. The molecule has 4 heteroatoms. The fourth-order valence-corrected chi connectivity index (χ4v) is 2.19. The standard InChI is InChI=1S/C13H18ClNO2/c14-9-12(16)10-15-6-7-17-13(15)8-11-4-2-1-3-5-11/h1-5,12-13,16H,6-10H2. The summed E-state index contributed by atoms with van der Waals surface area (Å²) in [6.07, 6.45) is 0.447. The molecule has 2 rings (SSSR count). The normalized spacial score (nSPS) is 22.8. The zero-order valence-corrected chi connectivity index (χ0v) is 10.5. The van der Waals surface area contributed by atoms with Crippen molar-refractivity contribution in [1.82, 2.24) is 4.90 Å². The van der Waals surface area contributed by atoms with Gasteiger partial charge in [-0.15, -0.1) is 11.6 Å². The molecule has 1 heterocycles. The van der Waals surface area contributed by atoms with Crippen LogP contribution in [0.4, 0.5) is 0 Å². The number of rotatable bonds is 5. The van der Waals surface area contributed by atoms with Crippen molar-refractivity contribution in [3.05, 3.63) is 35.9 Å². The summed E-state index contributed by atoms with van der Waals surface area (Å²) in [4.78, 5) is 2.15. The molecule has 0 aromatic heterocycles. The summed E-state index contributed by atoms with van der Waals surface area (Å²) in [7, 11) is 0. The number of nitrogens with zero attached hydrogens (tertiary/aromatic N) is 1. The van der Waals surface area contributed by atoms with Crippen LogP contribution < -0.4 is 0 Å². The highest BCUT2D eigenvalue weighted by Gasteiger charge is 2.26. The Hall–Kier alpha value is -0.610. The van der Waals surface area contributed by atoms with E-state index in [0.717, 1.165) is 19.6 Å². The summed E-state index contributed by atoms with van der Waals surface area (Å²) >= 11 is 5.62. The van der Waals surface area contributed by atoms with Gasteiger partial charge >= 0.3 is 0 Å². The molecule has 1 aromatic carbocycles. The summed E-state index contributed by atoms with van der Waals surface area (Å²) < 4.78 is 5.69. The summed E-state index contributed by atoms with van der Waals surface area (Å²) in [5.41, 5.74) is 1.25. The number of hydrogen-bond acceptors (Lipinski definition) is 3. The lowest BCUT2D eigenvalue weighted by atomic mass is 10.1. The minimum atomic E-state index is -0.475. The molecule has 1 saturated heterocycles. The maximum Gasteiger partial charge on any atom is 0.114 e. The van der Waals surface area contributed by atoms with Crippen LogP contribution in [-0.2, 0) is 11.2 Å². The Balaban J connectivity index is 1.91. The molecular formula is C13H18ClNO2. The first kappa shape index (κ1) is 12.8. The van der Waals surface area contributed by atoms with Crippen molar-refractivity contribution in [2.75, 3.05) is 25.6 Å². The zero-order chi connectivity index (χ0) is 12.1. The second kappa shape index (κ2) is 6.36. The molecule has 0 aliphatic carbocycles. The molecular weight excluding hydrogens is 238 g/mol. The average Bonchev–Trinajstić information content (AvgIpc) is 2.78. The number of β-amino-alcohol motifs (C(OH)–C–C–N with tert-alkyl or cyclic N) is 1. The number of alkyl halides is 1. The van der Waals surface area contributed by atoms with E-state index in [4.69, 9.17) is 16.3 Å². The minimum absolute atomic E-state index is 0.0651. The van der Waals surface area contributed by atoms with Crippen LogP contribution in [0.1, 0.15) is 5.56 Å². The quantitative estimate of drug-likeness (QED) is 0.810. The molecule has 0 bridgehead atoms. The minimum Gasteiger partial charge on any atom is -0.391 e. The highest BCUT2D eigenvalue weighted by Crippen LogP contribution is 2.16. The van der Waals surface area contributed by atoms with Gasteiger partial charge in [0.1, 0.15) is 6.23 Å². The Morgan fingerprint density at radius 1 is 1.41 bits per heavy atom. The molecule has 1 aliphatic rings. The molecule has 1 N–H and O–H groups in total. The van der Waals surface area contributed by atoms with E-state index >= 15 is 0 Å². The van der Waals surface area contributed by atoms with Gasteiger partial charge in [-0.2, -0.15) is 0 Å². The summed E-state index contributed by atoms with van der Waals surface area (Å²) in [5, 5.41) is 9.57. The second-order valence-corrected chi connectivity index (χ2v) is 4.63. The van der Waals surface area contributed by atoms with Gasteiger partial charge in [0.2, 0.25) is 0 Å². The van der Waals surface area contributed by atoms with Gasteiger partial charge in [-0.1, -0.05) is 30.3 Å². The van der Waals surface area contributed by atoms with E-state index in [1.54, 1.807) is 0 Å². The Morgan fingerprint density at radius 2 is 2.18 bits per heavy atom. The van der Waals surface area contributed by atoms with Crippen LogP contribution in [0, 0.1) is 0 Å². The highest BCUT2D eigenvalue weighted by molar-refractivity contribution is 6.18. The second-order valence-electron chi connectivity index (χ2n) is 4.32. The van der Waals surface area contributed by atoms with Gasteiger partial charge in [0.25, 0.3) is 0 Å². The molecule has 1 aromatic rings. The van der Waals surface area contributed by atoms with E-state index in [9.17, 15) is 5.11 Å². The molecule has 0 radical (unpaired) electrons. The van der Waals surface area contributed by atoms with Crippen molar-refractivity contribution in [1.29, 1.82) is 0 Å². The van der Waals surface area contributed by atoms with Crippen LogP contribution in [0.15, 0.2) is 30.3 Å². The van der Waals surface area contributed by atoms with Crippen LogP contribution in [-0.4, -0.2) is 47.9 Å². The Labute approximate surface area is 107 Å². The molecule has 0 amide bonds. The van der Waals surface area contributed by atoms with E-state index in [1.807, 2.05) is 18.2 Å². The lowest BCUT2D eigenvalue weighted by Gasteiger charge is -2.24. The van der Waals surface area contributed by atoms with Gasteiger partial charge in [0.15, 0.2) is 0 Å². The maximum atomic E-state index is 9.57. The number of ether oxygens (including phenoxy) is 1. The predicted molar refractivity (Wildman–Crippen MR) is 68.2 cm³/mol. The van der Waals surface area contributed by atoms with Crippen molar-refractivity contribution in [2.24, 2.45) is 0 Å². The molecule has 94 valence electrons. The fraction of sp³-hybridized carbons (Fsp3) is 0.538. The van der Waals surface area contributed by atoms with Crippen molar-refractivity contribution in [3.8, 4) is 0 Å². The average molecular weight is 256 g/mol. The van der Waals surface area contributed by atoms with E-state index < -0.39 is 6.10 Å². The van der Waals surface area contributed by atoms with E-state index in [2.05, 4.69) is 17.0 Å². The molecule has 2 atom stereocenters. The van der Waals surface area contributed by atoms with Crippen molar-refractivity contribution in [2.45, 2.75) is 18.8 Å². The first-order valence-electron chi connectivity index (χ1n) is 5.93. The number of benzene rings is 1. The van der Waals surface area contributed by atoms with Crippen molar-refractivity contribution >= 4 is 11.6 Å². The predicted octanol–water partition coefficient (Wildman–Crippen LogP) is 1.49. The van der Waals surface area contributed by atoms with Crippen molar-refractivity contribution < 1.29 is 9.84 Å². The summed E-state index contributed by atoms with van der Waals surface area (Å²) in [6, 6.07) is 10.3. The third-order valence-electron chi connectivity index (χ3n) is 2.97. The largest absolute Gasteiger partial charge is 0.391 e. The fourth-order valence-electron chi connectivity index (χ4n) is 2.09. The Morgan fingerprint density at radius 3 is 2.88 bits per heavy atom. The smallest absolute Gasteiger partial charge is 0.114 e. The SMILES string of the molecule is OC(CCl)CN1CCOC1Cc1ccccc1. The molecule has 0 saturated carbocycles. The Bertz CT molecular complexity index is 333. The lowest BCUT2D eigenvalue weighted by molar-refractivity contribution is 0.0151. The van der Waals surface area contributed by atoms with Crippen LogP contribution in [0.2, 0.25) is 0 Å². The maximum absolute atomic E-state index is 9.57. The van der Waals surface area contributed by atoms with Gasteiger partial charge in [-0.05, 0) is 5.56 Å². The number of aliphatic hydroxyl groups is 1. The van der Waals surface area contributed by atoms with Crippen LogP contribution in [0.3, 0.4) is 0 Å². The van der Waals surface area contributed by atoms with E-state index in [0.29, 0.717) is 6.54 Å². The van der Waals surface area contributed by atoms with E-state index in [1.165, 1.54) is 5.56 Å². The molecule has 2 unspecified atom stereocenters. The van der Waals surface area contributed by atoms with Gasteiger partial charge in [-0.25, -0.2) is 0 Å². The van der Waals surface area contributed by atoms with Gasteiger partial charge in [0, 0.05) is 25.4 Å². The first-order valence-corrected chi connectivity index (χ1v) is 6.46. The third-order valence-corrected chi connectivity index (χ3v) is 3.33. The van der Waals surface area contributed by atoms with Gasteiger partial charge in [0.05, 0.1) is 12.7 Å². The first-order chi connectivity index (χ1) is 8.29. The molecule has 1 aliphatic heterocycles. The number of aliphatic hydroxyl groups excluding tert-OH is 1. The molecule has 0 spiro atoms. The van der Waals surface area contributed by atoms with Crippen LogP contribution in [0.5, 0.6) is 0 Å². The van der Waals surface area contributed by atoms with Gasteiger partial charge in [-0.3, -0.25) is 4.90 Å². The monoisotopic (exact) mass is 255 g/mol. The highest BCUT2D eigenvalue weighted by atomic mass is 35.5. The molecule has 1 fully saturated rings. The zero-order valence-electron chi connectivity index (χ0n) is 9.76. The van der Waals surface area contributed by atoms with Crippen LogP contribution >= 0.6 is 11.6 Å². The number of halogens is 1. The summed E-state index contributed by atoms with van der Waals surface area (Å²) in [5.74, 6) is 0.272.